The predicted octanol–water partition coefficient (Wildman–Crippen LogP) is 3.13. The van der Waals surface area contributed by atoms with Crippen molar-refractivity contribution in [3.8, 4) is 5.75 Å². The second kappa shape index (κ2) is 5.10. The Labute approximate surface area is 129 Å². The number of ether oxygens (including phenoxy) is 1. The molecular weight excluding hydrogens is 284 g/mol. The van der Waals surface area contributed by atoms with Gasteiger partial charge in [0.15, 0.2) is 0 Å². The summed E-state index contributed by atoms with van der Waals surface area (Å²) in [5.74, 6) is 0.817. The summed E-state index contributed by atoms with van der Waals surface area (Å²) in [6.07, 6.45) is 3.22. The normalized spacial score (nSPS) is 35.7. The van der Waals surface area contributed by atoms with Gasteiger partial charge in [0.25, 0.3) is 0 Å². The van der Waals surface area contributed by atoms with E-state index >= 15 is 0 Å². The zero-order valence-electron chi connectivity index (χ0n) is 13.0. The highest BCUT2D eigenvalue weighted by molar-refractivity contribution is 7.86. The lowest BCUT2D eigenvalue weighted by Crippen LogP contribution is -2.40. The minimum atomic E-state index is -0.819. The van der Waals surface area contributed by atoms with Gasteiger partial charge in [-0.15, -0.1) is 0 Å². The maximum atomic E-state index is 12.1. The lowest BCUT2D eigenvalue weighted by molar-refractivity contribution is 0.0184. The van der Waals surface area contributed by atoms with Crippen LogP contribution in [0, 0.1) is 0 Å². The Bertz CT molecular complexity index is 528. The summed E-state index contributed by atoms with van der Waals surface area (Å²) < 4.78 is 17.9. The van der Waals surface area contributed by atoms with E-state index in [4.69, 9.17) is 4.74 Å². The molecule has 4 heteroatoms. The quantitative estimate of drug-likeness (QED) is 0.913. The molecule has 3 rings (SSSR count). The molecule has 1 N–H and O–H groups in total. The highest BCUT2D eigenvalue weighted by Gasteiger charge is 2.48. The molecule has 0 spiro atoms. The van der Waals surface area contributed by atoms with Crippen molar-refractivity contribution >= 4 is 10.8 Å². The molecule has 2 saturated heterocycles. The zero-order valence-corrected chi connectivity index (χ0v) is 13.8. The molecule has 21 heavy (non-hydrogen) atoms. The molecule has 2 atom stereocenters. The lowest BCUT2D eigenvalue weighted by atomic mass is 9.86. The summed E-state index contributed by atoms with van der Waals surface area (Å²) in [5, 5.41) is 11.3. The fourth-order valence-corrected chi connectivity index (χ4v) is 5.66. The molecule has 2 fully saturated rings. The van der Waals surface area contributed by atoms with Crippen LogP contribution in [0.5, 0.6) is 5.75 Å². The van der Waals surface area contributed by atoms with Crippen molar-refractivity contribution in [2.45, 2.75) is 68.2 Å². The molecule has 0 aromatic heterocycles. The lowest BCUT2D eigenvalue weighted by Gasteiger charge is -2.36. The van der Waals surface area contributed by atoms with E-state index in [9.17, 15) is 9.32 Å². The van der Waals surface area contributed by atoms with Gasteiger partial charge in [-0.3, -0.25) is 4.21 Å². The first-order chi connectivity index (χ1) is 9.77. The van der Waals surface area contributed by atoms with Gasteiger partial charge in [-0.2, -0.15) is 0 Å². The largest absolute Gasteiger partial charge is 0.488 e. The first-order valence-corrected chi connectivity index (χ1v) is 8.96. The summed E-state index contributed by atoms with van der Waals surface area (Å²) in [7, 11) is -0.741. The second-order valence-corrected chi connectivity index (χ2v) is 9.32. The first kappa shape index (κ1) is 15.0. The summed E-state index contributed by atoms with van der Waals surface area (Å²) in [4.78, 5) is 0. The molecule has 0 amide bonds. The fourth-order valence-electron chi connectivity index (χ4n) is 3.50. The minimum Gasteiger partial charge on any atom is -0.488 e. The molecule has 0 radical (unpaired) electrons. The van der Waals surface area contributed by atoms with E-state index in [2.05, 4.69) is 0 Å². The van der Waals surface area contributed by atoms with E-state index in [0.29, 0.717) is 12.8 Å². The van der Waals surface area contributed by atoms with Gasteiger partial charge in [0.05, 0.1) is 5.60 Å². The van der Waals surface area contributed by atoms with Gasteiger partial charge in [-0.05, 0) is 64.2 Å². The number of aliphatic hydroxyl groups is 1. The van der Waals surface area contributed by atoms with E-state index in [1.54, 1.807) is 0 Å². The third-order valence-electron chi connectivity index (χ3n) is 4.41. The van der Waals surface area contributed by atoms with Gasteiger partial charge in [0, 0.05) is 21.3 Å². The van der Waals surface area contributed by atoms with Gasteiger partial charge < -0.3 is 9.84 Å². The SMILES string of the molecule is CC(C)(C)Oc1ccc(C2(O)CC3CCC(C2)S3=O)cc1. The number of rotatable bonds is 2. The molecule has 2 heterocycles. The van der Waals surface area contributed by atoms with Crippen molar-refractivity contribution in [1.82, 2.24) is 0 Å². The van der Waals surface area contributed by atoms with Crippen LogP contribution in [0.4, 0.5) is 0 Å². The summed E-state index contributed by atoms with van der Waals surface area (Å²) in [6, 6.07) is 7.75. The Morgan fingerprint density at radius 2 is 1.67 bits per heavy atom. The van der Waals surface area contributed by atoms with Crippen LogP contribution in [0.25, 0.3) is 0 Å². The molecule has 3 nitrogen and oxygen atoms in total. The van der Waals surface area contributed by atoms with Crippen molar-refractivity contribution in [1.29, 1.82) is 0 Å². The third-order valence-corrected chi connectivity index (χ3v) is 6.53. The van der Waals surface area contributed by atoms with Crippen molar-refractivity contribution in [3.63, 3.8) is 0 Å². The Hall–Kier alpha value is -0.870. The van der Waals surface area contributed by atoms with Crippen LogP contribution in [0.15, 0.2) is 24.3 Å². The maximum absolute atomic E-state index is 12.1. The first-order valence-electron chi connectivity index (χ1n) is 7.68. The molecular formula is C17H24O3S. The fraction of sp³-hybridized carbons (Fsp3) is 0.647. The molecule has 0 aliphatic carbocycles. The van der Waals surface area contributed by atoms with E-state index in [1.165, 1.54) is 0 Å². The van der Waals surface area contributed by atoms with Crippen LogP contribution >= 0.6 is 0 Å². The van der Waals surface area contributed by atoms with Gasteiger partial charge in [0.2, 0.25) is 0 Å². The Morgan fingerprint density at radius 1 is 1.14 bits per heavy atom. The average molecular weight is 308 g/mol. The van der Waals surface area contributed by atoms with Crippen LogP contribution in [-0.4, -0.2) is 25.4 Å². The summed E-state index contributed by atoms with van der Waals surface area (Å²) in [5.41, 5.74) is -0.114. The van der Waals surface area contributed by atoms with Crippen LogP contribution in [-0.2, 0) is 16.4 Å². The number of benzene rings is 1. The molecule has 116 valence electrons. The van der Waals surface area contributed by atoms with Crippen molar-refractivity contribution in [2.75, 3.05) is 0 Å². The van der Waals surface area contributed by atoms with Gasteiger partial charge in [-0.1, -0.05) is 12.1 Å². The monoisotopic (exact) mass is 308 g/mol. The Balaban J connectivity index is 1.79. The average Bonchev–Trinajstić information content (AvgIpc) is 2.61. The minimum absolute atomic E-state index is 0.166. The van der Waals surface area contributed by atoms with E-state index in [-0.39, 0.29) is 16.1 Å². The standard InChI is InChI=1S/C17H24O3S/c1-16(2,3)20-13-6-4-12(5-7-13)17(18)10-14-8-9-15(11-17)21(14)19/h4-7,14-15,18H,8-11H2,1-3H3. The molecule has 2 unspecified atom stereocenters. The molecule has 1 aromatic rings. The maximum Gasteiger partial charge on any atom is 0.120 e. The van der Waals surface area contributed by atoms with Crippen LogP contribution in [0.1, 0.15) is 52.0 Å². The second-order valence-electron chi connectivity index (χ2n) is 7.33. The van der Waals surface area contributed by atoms with Crippen LogP contribution in [0.3, 0.4) is 0 Å². The van der Waals surface area contributed by atoms with Crippen molar-refractivity contribution < 1.29 is 14.1 Å². The van der Waals surface area contributed by atoms with Gasteiger partial charge in [-0.25, -0.2) is 0 Å². The highest BCUT2D eigenvalue weighted by atomic mass is 32.2. The molecule has 2 aliphatic rings. The van der Waals surface area contributed by atoms with Crippen molar-refractivity contribution in [2.24, 2.45) is 0 Å². The van der Waals surface area contributed by atoms with Crippen molar-refractivity contribution in [3.05, 3.63) is 29.8 Å². The topological polar surface area (TPSA) is 46.5 Å². The van der Waals surface area contributed by atoms with E-state index < -0.39 is 16.4 Å². The predicted molar refractivity (Wildman–Crippen MR) is 84.9 cm³/mol. The van der Waals surface area contributed by atoms with Crippen LogP contribution in [0.2, 0.25) is 0 Å². The van der Waals surface area contributed by atoms with Gasteiger partial charge in [0.1, 0.15) is 11.4 Å². The number of fused-ring (bicyclic) bond motifs is 2. The van der Waals surface area contributed by atoms with E-state index in [0.717, 1.165) is 24.2 Å². The highest BCUT2D eigenvalue weighted by Crippen LogP contribution is 2.46. The molecule has 2 aliphatic heterocycles. The number of hydrogen-bond acceptors (Lipinski definition) is 3. The number of hydrogen-bond donors (Lipinski definition) is 1. The van der Waals surface area contributed by atoms with Gasteiger partial charge >= 0.3 is 0 Å². The van der Waals surface area contributed by atoms with Crippen LogP contribution < -0.4 is 4.74 Å². The smallest absolute Gasteiger partial charge is 0.120 e. The molecule has 2 bridgehead atoms. The molecule has 0 saturated carbocycles. The molecule has 1 aromatic carbocycles. The third kappa shape index (κ3) is 3.02. The Kier molecular flexibility index (Phi) is 3.65. The van der Waals surface area contributed by atoms with E-state index in [1.807, 2.05) is 45.0 Å². The summed E-state index contributed by atoms with van der Waals surface area (Å²) >= 11 is 0. The summed E-state index contributed by atoms with van der Waals surface area (Å²) in [6.45, 7) is 6.05. The zero-order chi connectivity index (χ0) is 15.3. The Morgan fingerprint density at radius 3 is 2.14 bits per heavy atom.